The monoisotopic (exact) mass is 467 g/mol. The van der Waals surface area contributed by atoms with Crippen molar-refractivity contribution in [2.45, 2.75) is 55.1 Å². The maximum atomic E-state index is 13.5. The molecule has 2 amide bonds. The number of hydrogen-bond donors (Lipinski definition) is 2. The minimum absolute atomic E-state index is 0.0575. The van der Waals surface area contributed by atoms with Crippen molar-refractivity contribution in [3.63, 3.8) is 0 Å². The number of sulfonamides is 1. The molecule has 0 radical (unpaired) electrons. The number of nitrogens with zero attached hydrogens (tertiary/aromatic N) is 1. The predicted octanol–water partition coefficient (Wildman–Crippen LogP) is 2.99. The van der Waals surface area contributed by atoms with Crippen LogP contribution < -0.4 is 10.6 Å². The Kier molecular flexibility index (Phi) is 6.67. The van der Waals surface area contributed by atoms with Crippen LogP contribution >= 0.6 is 0 Å². The SMILES string of the molecule is C=CC(=O)NC1CCN(S(=O)(=O)c2ccc(C(=O)NCc3ccccc3)cc2)C2(CCC2)C1. The van der Waals surface area contributed by atoms with E-state index in [0.717, 1.165) is 24.8 Å². The fourth-order valence-corrected chi connectivity index (χ4v) is 6.60. The quantitative estimate of drug-likeness (QED) is 0.612. The van der Waals surface area contributed by atoms with Gasteiger partial charge in [-0.2, -0.15) is 4.31 Å². The molecule has 8 heteroatoms. The first kappa shape index (κ1) is 23.2. The Hall–Kier alpha value is -2.97. The van der Waals surface area contributed by atoms with Crippen LogP contribution in [0.25, 0.3) is 0 Å². The Morgan fingerprint density at radius 2 is 1.79 bits per heavy atom. The van der Waals surface area contributed by atoms with Crippen LogP contribution in [0, 0.1) is 0 Å². The second-order valence-electron chi connectivity index (χ2n) is 8.75. The first-order chi connectivity index (χ1) is 15.8. The number of hydrogen-bond acceptors (Lipinski definition) is 4. The molecule has 0 aromatic heterocycles. The Balaban J connectivity index is 1.45. The average Bonchev–Trinajstić information content (AvgIpc) is 2.82. The zero-order valence-corrected chi connectivity index (χ0v) is 19.3. The van der Waals surface area contributed by atoms with Crippen molar-refractivity contribution in [3.8, 4) is 0 Å². The van der Waals surface area contributed by atoms with Crippen LogP contribution in [-0.4, -0.2) is 42.7 Å². The summed E-state index contributed by atoms with van der Waals surface area (Å²) in [7, 11) is -3.72. The molecule has 2 aromatic rings. The summed E-state index contributed by atoms with van der Waals surface area (Å²) in [6.45, 7) is 4.24. The van der Waals surface area contributed by atoms with Gasteiger partial charge in [-0.3, -0.25) is 9.59 Å². The lowest BCUT2D eigenvalue weighted by Crippen LogP contribution is -2.63. The fourth-order valence-electron chi connectivity index (χ4n) is 4.76. The van der Waals surface area contributed by atoms with Gasteiger partial charge in [0.1, 0.15) is 0 Å². The lowest BCUT2D eigenvalue weighted by Gasteiger charge is -2.54. The van der Waals surface area contributed by atoms with Gasteiger partial charge in [-0.25, -0.2) is 8.42 Å². The normalized spacial score (nSPS) is 19.9. The maximum Gasteiger partial charge on any atom is 0.251 e. The van der Waals surface area contributed by atoms with Gasteiger partial charge in [0.25, 0.3) is 5.91 Å². The van der Waals surface area contributed by atoms with Gasteiger partial charge in [-0.05, 0) is 68.0 Å². The third-order valence-electron chi connectivity index (χ3n) is 6.65. The Bertz CT molecular complexity index is 1130. The van der Waals surface area contributed by atoms with E-state index in [-0.39, 0.29) is 22.8 Å². The summed E-state index contributed by atoms with van der Waals surface area (Å²) in [6.07, 6.45) is 4.94. The number of nitrogens with one attached hydrogen (secondary N) is 2. The molecule has 2 N–H and O–H groups in total. The van der Waals surface area contributed by atoms with Gasteiger partial charge in [0.15, 0.2) is 0 Å². The van der Waals surface area contributed by atoms with Gasteiger partial charge in [0, 0.05) is 30.2 Å². The van der Waals surface area contributed by atoms with E-state index < -0.39 is 15.6 Å². The molecule has 174 valence electrons. The molecule has 2 aromatic carbocycles. The topological polar surface area (TPSA) is 95.6 Å². The van der Waals surface area contributed by atoms with Crippen molar-refractivity contribution in [2.75, 3.05) is 6.54 Å². The Morgan fingerprint density at radius 1 is 1.09 bits per heavy atom. The number of amides is 2. The van der Waals surface area contributed by atoms with Crippen molar-refractivity contribution in [1.82, 2.24) is 14.9 Å². The molecule has 4 rings (SSSR count). The van der Waals surface area contributed by atoms with E-state index in [4.69, 9.17) is 0 Å². The summed E-state index contributed by atoms with van der Waals surface area (Å²) < 4.78 is 28.6. The molecular weight excluding hydrogens is 438 g/mol. The minimum atomic E-state index is -3.72. The van der Waals surface area contributed by atoms with Crippen molar-refractivity contribution in [3.05, 3.63) is 78.4 Å². The minimum Gasteiger partial charge on any atom is -0.350 e. The lowest BCUT2D eigenvalue weighted by atomic mass is 9.70. The highest BCUT2D eigenvalue weighted by Gasteiger charge is 2.51. The number of piperidine rings is 1. The third kappa shape index (κ3) is 4.86. The Labute approximate surface area is 194 Å². The van der Waals surface area contributed by atoms with Crippen molar-refractivity contribution in [2.24, 2.45) is 0 Å². The largest absolute Gasteiger partial charge is 0.350 e. The molecule has 2 fully saturated rings. The number of carbonyl (C=O) groups excluding carboxylic acids is 2. The molecule has 1 aliphatic carbocycles. The molecule has 33 heavy (non-hydrogen) atoms. The molecule has 7 nitrogen and oxygen atoms in total. The summed E-state index contributed by atoms with van der Waals surface area (Å²) >= 11 is 0. The van der Waals surface area contributed by atoms with E-state index in [1.165, 1.54) is 18.2 Å². The van der Waals surface area contributed by atoms with Gasteiger partial charge >= 0.3 is 0 Å². The summed E-state index contributed by atoms with van der Waals surface area (Å²) in [4.78, 5) is 24.4. The van der Waals surface area contributed by atoms with Gasteiger partial charge < -0.3 is 10.6 Å². The van der Waals surface area contributed by atoms with Gasteiger partial charge in [0.05, 0.1) is 4.90 Å². The van der Waals surface area contributed by atoms with E-state index in [9.17, 15) is 18.0 Å². The lowest BCUT2D eigenvalue weighted by molar-refractivity contribution is -0.117. The molecule has 2 aliphatic rings. The third-order valence-corrected chi connectivity index (χ3v) is 8.67. The average molecular weight is 468 g/mol. The van der Waals surface area contributed by atoms with Gasteiger partial charge in [0.2, 0.25) is 15.9 Å². The van der Waals surface area contributed by atoms with Crippen molar-refractivity contribution >= 4 is 21.8 Å². The van der Waals surface area contributed by atoms with E-state index in [2.05, 4.69) is 17.2 Å². The van der Waals surface area contributed by atoms with Crippen LogP contribution in [0.15, 0.2) is 72.1 Å². The zero-order chi connectivity index (χ0) is 23.5. The van der Waals surface area contributed by atoms with Crippen LogP contribution in [-0.2, 0) is 21.4 Å². The Morgan fingerprint density at radius 3 is 2.39 bits per heavy atom. The van der Waals surface area contributed by atoms with Crippen LogP contribution in [0.3, 0.4) is 0 Å². The maximum absolute atomic E-state index is 13.5. The van der Waals surface area contributed by atoms with Crippen molar-refractivity contribution < 1.29 is 18.0 Å². The summed E-state index contributed by atoms with van der Waals surface area (Å²) in [6, 6.07) is 15.6. The zero-order valence-electron chi connectivity index (χ0n) is 18.5. The molecule has 1 heterocycles. The second kappa shape index (κ2) is 9.49. The highest BCUT2D eigenvalue weighted by Crippen LogP contribution is 2.46. The van der Waals surface area contributed by atoms with Crippen LogP contribution in [0.2, 0.25) is 0 Å². The van der Waals surface area contributed by atoms with Crippen LogP contribution in [0.5, 0.6) is 0 Å². The van der Waals surface area contributed by atoms with Gasteiger partial charge in [-0.15, -0.1) is 0 Å². The summed E-state index contributed by atoms with van der Waals surface area (Å²) in [5, 5.41) is 5.78. The predicted molar refractivity (Wildman–Crippen MR) is 126 cm³/mol. The molecule has 0 bridgehead atoms. The fraction of sp³-hybridized carbons (Fsp3) is 0.360. The standard InChI is InChI=1S/C25H29N3O4S/c1-2-23(29)27-21-13-16-28(25(17-21)14-6-15-25)33(31,32)22-11-9-20(10-12-22)24(30)26-18-19-7-4-3-5-8-19/h2-5,7-12,21H,1,6,13-18H2,(H,26,30)(H,27,29). The van der Waals surface area contributed by atoms with E-state index in [1.807, 2.05) is 30.3 Å². The van der Waals surface area contributed by atoms with E-state index in [0.29, 0.717) is 31.5 Å². The molecule has 1 saturated heterocycles. The number of carbonyl (C=O) groups is 2. The van der Waals surface area contributed by atoms with Crippen LogP contribution in [0.1, 0.15) is 48.0 Å². The van der Waals surface area contributed by atoms with Gasteiger partial charge in [-0.1, -0.05) is 36.9 Å². The molecule has 1 unspecified atom stereocenters. The van der Waals surface area contributed by atoms with E-state index in [1.54, 1.807) is 16.4 Å². The highest BCUT2D eigenvalue weighted by atomic mass is 32.2. The van der Waals surface area contributed by atoms with E-state index >= 15 is 0 Å². The number of benzene rings is 2. The summed E-state index contributed by atoms with van der Waals surface area (Å²) in [5.74, 6) is -0.482. The molecule has 1 aliphatic heterocycles. The number of rotatable bonds is 7. The summed E-state index contributed by atoms with van der Waals surface area (Å²) in [5.41, 5.74) is 0.944. The highest BCUT2D eigenvalue weighted by molar-refractivity contribution is 7.89. The first-order valence-corrected chi connectivity index (χ1v) is 12.7. The first-order valence-electron chi connectivity index (χ1n) is 11.2. The molecular formula is C25H29N3O4S. The molecule has 1 atom stereocenters. The van der Waals surface area contributed by atoms with Crippen molar-refractivity contribution in [1.29, 1.82) is 0 Å². The van der Waals surface area contributed by atoms with Crippen LogP contribution in [0.4, 0.5) is 0 Å². The molecule has 1 saturated carbocycles. The molecule has 1 spiro atoms. The second-order valence-corrected chi connectivity index (χ2v) is 10.6. The smallest absolute Gasteiger partial charge is 0.251 e.